The number of benzene rings is 1. The fourth-order valence-corrected chi connectivity index (χ4v) is 3.57. The molecular formula is C20H25N3O3. The van der Waals surface area contributed by atoms with Gasteiger partial charge in [-0.15, -0.1) is 0 Å². The van der Waals surface area contributed by atoms with E-state index in [0.29, 0.717) is 29.9 Å². The molecule has 1 saturated carbocycles. The Balaban J connectivity index is 1.61. The molecule has 0 spiro atoms. The smallest absolute Gasteiger partial charge is 0.258 e. The minimum absolute atomic E-state index is 0.0318. The van der Waals surface area contributed by atoms with Gasteiger partial charge in [-0.3, -0.25) is 9.59 Å². The SMILES string of the molecule is NCC1(CC(=O)Nc2cccc(NC(=O)c3ccoc3)c2)CCCCC1. The quantitative estimate of drug-likeness (QED) is 0.735. The molecule has 4 N–H and O–H groups in total. The van der Waals surface area contributed by atoms with Gasteiger partial charge >= 0.3 is 0 Å². The van der Waals surface area contributed by atoms with E-state index in [2.05, 4.69) is 10.6 Å². The van der Waals surface area contributed by atoms with Crippen molar-refractivity contribution in [2.45, 2.75) is 38.5 Å². The summed E-state index contributed by atoms with van der Waals surface area (Å²) in [7, 11) is 0. The van der Waals surface area contributed by atoms with Crippen molar-refractivity contribution in [1.82, 2.24) is 0 Å². The number of hydrogen-bond acceptors (Lipinski definition) is 4. The number of furan rings is 1. The van der Waals surface area contributed by atoms with Crippen molar-refractivity contribution >= 4 is 23.2 Å². The van der Waals surface area contributed by atoms with Crippen LogP contribution in [0.15, 0.2) is 47.3 Å². The summed E-state index contributed by atoms with van der Waals surface area (Å²) in [5, 5.41) is 5.72. The second kappa shape index (κ2) is 8.19. The lowest BCUT2D eigenvalue weighted by atomic mass is 9.71. The molecule has 26 heavy (non-hydrogen) atoms. The van der Waals surface area contributed by atoms with Gasteiger partial charge in [0.25, 0.3) is 5.91 Å². The van der Waals surface area contributed by atoms with Gasteiger partial charge in [-0.1, -0.05) is 25.3 Å². The second-order valence-electron chi connectivity index (χ2n) is 7.04. The molecule has 1 aromatic heterocycles. The van der Waals surface area contributed by atoms with Crippen LogP contribution >= 0.6 is 0 Å². The lowest BCUT2D eigenvalue weighted by Crippen LogP contribution is -2.36. The van der Waals surface area contributed by atoms with Gasteiger partial charge in [0.05, 0.1) is 11.8 Å². The van der Waals surface area contributed by atoms with Crippen molar-refractivity contribution in [2.75, 3.05) is 17.2 Å². The lowest BCUT2D eigenvalue weighted by Gasteiger charge is -2.35. The van der Waals surface area contributed by atoms with E-state index in [1.54, 1.807) is 30.3 Å². The predicted molar refractivity (Wildman–Crippen MR) is 101 cm³/mol. The fourth-order valence-electron chi connectivity index (χ4n) is 3.57. The highest BCUT2D eigenvalue weighted by Crippen LogP contribution is 2.38. The predicted octanol–water partition coefficient (Wildman–Crippen LogP) is 3.77. The summed E-state index contributed by atoms with van der Waals surface area (Å²) in [4.78, 5) is 24.6. The average Bonchev–Trinajstić information content (AvgIpc) is 3.17. The van der Waals surface area contributed by atoms with Crippen LogP contribution in [0.25, 0.3) is 0 Å². The van der Waals surface area contributed by atoms with E-state index in [9.17, 15) is 9.59 Å². The number of carbonyl (C=O) groups excluding carboxylic acids is 2. The third-order valence-electron chi connectivity index (χ3n) is 5.07. The number of nitrogens with two attached hydrogens (primary N) is 1. The van der Waals surface area contributed by atoms with E-state index in [-0.39, 0.29) is 17.2 Å². The van der Waals surface area contributed by atoms with Crippen LogP contribution < -0.4 is 16.4 Å². The normalized spacial score (nSPS) is 16.0. The molecule has 3 rings (SSSR count). The van der Waals surface area contributed by atoms with Crippen molar-refractivity contribution in [1.29, 1.82) is 0 Å². The van der Waals surface area contributed by atoms with Crippen molar-refractivity contribution in [2.24, 2.45) is 11.1 Å². The third-order valence-corrected chi connectivity index (χ3v) is 5.07. The van der Waals surface area contributed by atoms with Crippen LogP contribution in [-0.4, -0.2) is 18.4 Å². The van der Waals surface area contributed by atoms with Crippen LogP contribution in [0.4, 0.5) is 11.4 Å². The molecule has 138 valence electrons. The molecule has 0 atom stereocenters. The maximum Gasteiger partial charge on any atom is 0.258 e. The highest BCUT2D eigenvalue weighted by Gasteiger charge is 2.32. The zero-order valence-electron chi connectivity index (χ0n) is 14.8. The Hall–Kier alpha value is -2.60. The van der Waals surface area contributed by atoms with Crippen LogP contribution in [0, 0.1) is 5.41 Å². The van der Waals surface area contributed by atoms with Gasteiger partial charge in [0.1, 0.15) is 6.26 Å². The molecule has 1 fully saturated rings. The van der Waals surface area contributed by atoms with Gasteiger partial charge in [-0.2, -0.15) is 0 Å². The third kappa shape index (κ3) is 4.52. The first-order chi connectivity index (χ1) is 12.6. The molecule has 2 aromatic rings. The number of anilines is 2. The van der Waals surface area contributed by atoms with Gasteiger partial charge in [0, 0.05) is 17.8 Å². The molecule has 1 heterocycles. The minimum Gasteiger partial charge on any atom is -0.472 e. The maximum atomic E-state index is 12.5. The summed E-state index contributed by atoms with van der Waals surface area (Å²) in [5.74, 6) is -0.290. The maximum absolute atomic E-state index is 12.5. The number of carbonyl (C=O) groups is 2. The molecule has 1 aliphatic carbocycles. The Kier molecular flexibility index (Phi) is 5.73. The van der Waals surface area contributed by atoms with E-state index < -0.39 is 0 Å². The van der Waals surface area contributed by atoms with Crippen molar-refractivity contribution in [3.63, 3.8) is 0 Å². The minimum atomic E-state index is -0.258. The number of rotatable bonds is 6. The molecule has 6 heteroatoms. The van der Waals surface area contributed by atoms with E-state index in [1.807, 2.05) is 0 Å². The first-order valence-electron chi connectivity index (χ1n) is 9.04. The number of hydrogen-bond donors (Lipinski definition) is 3. The monoisotopic (exact) mass is 355 g/mol. The summed E-state index contributed by atoms with van der Waals surface area (Å²) in [6.45, 7) is 0.543. The summed E-state index contributed by atoms with van der Waals surface area (Å²) in [6.07, 6.45) is 8.80. The molecule has 0 bridgehead atoms. The standard InChI is InChI=1S/C20H25N3O3/c21-14-20(8-2-1-3-9-20)12-18(24)22-16-5-4-6-17(11-16)23-19(25)15-7-10-26-13-15/h4-7,10-11,13H,1-3,8-9,12,14,21H2,(H,22,24)(H,23,25). The molecule has 2 amide bonds. The number of nitrogens with one attached hydrogen (secondary N) is 2. The summed E-state index contributed by atoms with van der Waals surface area (Å²) >= 11 is 0. The molecule has 1 aliphatic rings. The molecule has 0 radical (unpaired) electrons. The molecule has 0 aliphatic heterocycles. The molecule has 0 unspecified atom stereocenters. The van der Waals surface area contributed by atoms with Gasteiger partial charge in [-0.25, -0.2) is 0 Å². The Morgan fingerprint density at radius 2 is 1.81 bits per heavy atom. The molecule has 6 nitrogen and oxygen atoms in total. The highest BCUT2D eigenvalue weighted by atomic mass is 16.3. The van der Waals surface area contributed by atoms with Crippen LogP contribution in [0.1, 0.15) is 48.9 Å². The Bertz CT molecular complexity index is 749. The zero-order chi connectivity index (χ0) is 18.4. The van der Waals surface area contributed by atoms with Gasteiger partial charge in [-0.05, 0) is 49.1 Å². The van der Waals surface area contributed by atoms with E-state index >= 15 is 0 Å². The van der Waals surface area contributed by atoms with Crippen LogP contribution in [0.5, 0.6) is 0 Å². The zero-order valence-corrected chi connectivity index (χ0v) is 14.8. The largest absolute Gasteiger partial charge is 0.472 e. The van der Waals surface area contributed by atoms with E-state index in [4.69, 9.17) is 10.2 Å². The first kappa shape index (κ1) is 18.2. The second-order valence-corrected chi connectivity index (χ2v) is 7.04. The summed E-state index contributed by atoms with van der Waals surface area (Å²) in [6, 6.07) is 8.71. The lowest BCUT2D eigenvalue weighted by molar-refractivity contribution is -0.118. The van der Waals surface area contributed by atoms with Crippen molar-refractivity contribution < 1.29 is 14.0 Å². The Morgan fingerprint density at radius 1 is 1.08 bits per heavy atom. The highest BCUT2D eigenvalue weighted by molar-refractivity contribution is 6.04. The van der Waals surface area contributed by atoms with Gasteiger partial charge < -0.3 is 20.8 Å². The van der Waals surface area contributed by atoms with Gasteiger partial charge in [0.2, 0.25) is 5.91 Å². The Morgan fingerprint density at radius 3 is 2.46 bits per heavy atom. The average molecular weight is 355 g/mol. The fraction of sp³-hybridized carbons (Fsp3) is 0.400. The van der Waals surface area contributed by atoms with Crippen LogP contribution in [0.2, 0.25) is 0 Å². The van der Waals surface area contributed by atoms with Crippen LogP contribution in [0.3, 0.4) is 0 Å². The van der Waals surface area contributed by atoms with Crippen LogP contribution in [-0.2, 0) is 4.79 Å². The topological polar surface area (TPSA) is 97.4 Å². The van der Waals surface area contributed by atoms with Crippen molar-refractivity contribution in [3.8, 4) is 0 Å². The Labute approximate surface area is 153 Å². The molecule has 0 saturated heterocycles. The first-order valence-corrected chi connectivity index (χ1v) is 9.04. The molecule has 1 aromatic carbocycles. The summed E-state index contributed by atoms with van der Waals surface area (Å²) < 4.78 is 4.91. The molecular weight excluding hydrogens is 330 g/mol. The van der Waals surface area contributed by atoms with Crippen molar-refractivity contribution in [3.05, 3.63) is 48.4 Å². The van der Waals surface area contributed by atoms with E-state index in [1.165, 1.54) is 18.9 Å². The number of amides is 2. The summed E-state index contributed by atoms with van der Waals surface area (Å²) in [5.41, 5.74) is 7.61. The van der Waals surface area contributed by atoms with Gasteiger partial charge in [0.15, 0.2) is 0 Å². The van der Waals surface area contributed by atoms with E-state index in [0.717, 1.165) is 25.7 Å².